The molecule has 0 aromatic carbocycles. The highest BCUT2D eigenvalue weighted by atomic mass is 32.2. The molecule has 8 heavy (non-hydrogen) atoms. The molecule has 0 saturated carbocycles. The summed E-state index contributed by atoms with van der Waals surface area (Å²) in [7, 11) is -0.799. The minimum atomic E-state index is -0.799. The van der Waals surface area contributed by atoms with Crippen molar-refractivity contribution in [1.82, 2.24) is 0 Å². The molecule has 1 unspecified atom stereocenters. The Kier molecular flexibility index (Phi) is 1.23. The van der Waals surface area contributed by atoms with Gasteiger partial charge in [-0.1, -0.05) is 0 Å². The van der Waals surface area contributed by atoms with Crippen molar-refractivity contribution in [1.29, 1.82) is 0 Å². The van der Waals surface area contributed by atoms with Crippen LogP contribution in [0.5, 0.6) is 5.75 Å². The fraction of sp³-hybridized carbons (Fsp3) is 0.200. The summed E-state index contributed by atoms with van der Waals surface area (Å²) in [5, 5.41) is 10.1. The van der Waals surface area contributed by atoms with Gasteiger partial charge >= 0.3 is 0 Å². The maximum atomic E-state index is 8.89. The Labute approximate surface area is 50.2 Å². The Morgan fingerprint density at radius 2 is 2.25 bits per heavy atom. The smallest absolute Gasteiger partial charge is 0.216 e. The van der Waals surface area contributed by atoms with Gasteiger partial charge in [0.05, 0.1) is 0 Å². The molecule has 3 heteroatoms. The quantitative estimate of drug-likeness (QED) is 0.525. The third-order valence-corrected chi connectivity index (χ3v) is 2.16. The zero-order valence-electron chi connectivity index (χ0n) is 4.46. The van der Waals surface area contributed by atoms with Crippen LogP contribution in [0, 0.1) is 6.92 Å². The summed E-state index contributed by atoms with van der Waals surface area (Å²) in [6, 6.07) is 1.56. The first kappa shape index (κ1) is 5.59. The predicted molar refractivity (Wildman–Crippen MR) is 32.7 cm³/mol. The molecule has 0 saturated heterocycles. The molecular formula is C5H7O2S+. The van der Waals surface area contributed by atoms with E-state index in [1.807, 2.05) is 0 Å². The average Bonchev–Trinajstić information content (AvgIpc) is 1.85. The molecule has 44 valence electrons. The van der Waals surface area contributed by atoms with E-state index in [0.29, 0.717) is 0 Å². The number of hydrogen-bond donors (Lipinski definition) is 2. The summed E-state index contributed by atoms with van der Waals surface area (Å²) in [5.74, 6) is 0.174. The summed E-state index contributed by atoms with van der Waals surface area (Å²) in [6.45, 7) is 1.78. The van der Waals surface area contributed by atoms with E-state index in [9.17, 15) is 0 Å². The molecule has 2 N–H and O–H groups in total. The Bertz CT molecular complexity index is 173. The average molecular weight is 131 g/mol. The molecule has 0 aliphatic carbocycles. The predicted octanol–water partition coefficient (Wildman–Crippen LogP) is 1.59. The van der Waals surface area contributed by atoms with Gasteiger partial charge in [0.1, 0.15) is 10.8 Å². The number of hydrogen-bond acceptors (Lipinski definition) is 2. The summed E-state index contributed by atoms with van der Waals surface area (Å²) in [5.41, 5.74) is 0. The lowest BCUT2D eigenvalue weighted by Gasteiger charge is -1.66. The molecule has 1 aromatic rings. The molecule has 0 bridgehead atoms. The largest absolute Gasteiger partial charge is 0.503 e. The van der Waals surface area contributed by atoms with Crippen LogP contribution in [0.3, 0.4) is 0 Å². The van der Waals surface area contributed by atoms with Crippen molar-refractivity contribution < 1.29 is 9.66 Å². The fourth-order valence-electron chi connectivity index (χ4n) is 0.510. The lowest BCUT2D eigenvalue weighted by Crippen LogP contribution is -1.55. The third-order valence-electron chi connectivity index (χ3n) is 0.913. The molecule has 0 radical (unpaired) electrons. The van der Waals surface area contributed by atoms with E-state index in [4.69, 9.17) is 9.66 Å². The van der Waals surface area contributed by atoms with Gasteiger partial charge in [-0.25, -0.2) is 0 Å². The molecular weight excluding hydrogens is 124 g/mol. The lowest BCUT2D eigenvalue weighted by atomic mass is 10.5. The van der Waals surface area contributed by atoms with Gasteiger partial charge in [-0.2, -0.15) is 4.55 Å². The van der Waals surface area contributed by atoms with Crippen LogP contribution in [0.4, 0.5) is 0 Å². The van der Waals surface area contributed by atoms with Crippen LogP contribution in [-0.4, -0.2) is 9.66 Å². The van der Waals surface area contributed by atoms with Gasteiger partial charge in [-0.15, -0.1) is 0 Å². The topological polar surface area (TPSA) is 40.5 Å². The van der Waals surface area contributed by atoms with Crippen LogP contribution in [0.2, 0.25) is 0 Å². The molecule has 2 nitrogen and oxygen atoms in total. The van der Waals surface area contributed by atoms with Gasteiger partial charge < -0.3 is 5.11 Å². The second-order valence-electron chi connectivity index (χ2n) is 1.61. The van der Waals surface area contributed by atoms with Gasteiger partial charge in [0.25, 0.3) is 0 Å². The molecule has 1 atom stereocenters. The van der Waals surface area contributed by atoms with E-state index in [-0.39, 0.29) is 5.75 Å². The lowest BCUT2D eigenvalue weighted by molar-refractivity contribution is 0.477. The second kappa shape index (κ2) is 1.76. The molecule has 0 spiro atoms. The molecule has 1 aromatic heterocycles. The van der Waals surface area contributed by atoms with Crippen LogP contribution < -0.4 is 0 Å². The first-order chi connectivity index (χ1) is 3.70. The van der Waals surface area contributed by atoms with Crippen LogP contribution >= 0.6 is 10.8 Å². The molecule has 0 fully saturated rings. The Balaban J connectivity index is 3.14. The van der Waals surface area contributed by atoms with Gasteiger partial charge in [-0.05, 0) is 0 Å². The van der Waals surface area contributed by atoms with E-state index in [1.54, 1.807) is 13.0 Å². The summed E-state index contributed by atoms with van der Waals surface area (Å²) < 4.78 is 8.89. The number of thiophene rings is 1. The summed E-state index contributed by atoms with van der Waals surface area (Å²) in [6.07, 6.45) is 0. The van der Waals surface area contributed by atoms with Crippen LogP contribution in [0.1, 0.15) is 4.88 Å². The SMILES string of the molecule is Cc1cc(O)c[s+]1O. The minimum absolute atomic E-state index is 0.174. The molecule has 0 aliphatic rings. The third kappa shape index (κ3) is 0.827. The molecule has 0 aliphatic heterocycles. The zero-order valence-corrected chi connectivity index (χ0v) is 5.27. The number of rotatable bonds is 0. The van der Waals surface area contributed by atoms with E-state index < -0.39 is 10.8 Å². The summed E-state index contributed by atoms with van der Waals surface area (Å²) >= 11 is 0. The van der Waals surface area contributed by atoms with Crippen molar-refractivity contribution in [3.05, 3.63) is 16.3 Å². The first-order valence-electron chi connectivity index (χ1n) is 2.21. The van der Waals surface area contributed by atoms with E-state index in [1.165, 1.54) is 5.38 Å². The molecule has 1 heterocycles. The maximum absolute atomic E-state index is 8.89. The monoisotopic (exact) mass is 131 g/mol. The van der Waals surface area contributed by atoms with Gasteiger partial charge in [0.2, 0.25) is 5.38 Å². The number of aromatic hydroxyl groups is 1. The number of aryl methyl sites for hydroxylation is 1. The highest BCUT2D eigenvalue weighted by Gasteiger charge is 2.08. The van der Waals surface area contributed by atoms with Crippen molar-refractivity contribution >= 4 is 10.8 Å². The van der Waals surface area contributed by atoms with Crippen molar-refractivity contribution in [2.24, 2.45) is 0 Å². The normalized spacial score (nSPS) is 12.0. The van der Waals surface area contributed by atoms with Crippen molar-refractivity contribution in [3.8, 4) is 5.75 Å². The van der Waals surface area contributed by atoms with Crippen LogP contribution in [0.25, 0.3) is 0 Å². The van der Waals surface area contributed by atoms with Crippen LogP contribution in [0.15, 0.2) is 11.4 Å². The van der Waals surface area contributed by atoms with Gasteiger partial charge in [0.15, 0.2) is 10.6 Å². The van der Waals surface area contributed by atoms with Gasteiger partial charge in [0, 0.05) is 13.0 Å². The fourth-order valence-corrected chi connectivity index (χ4v) is 1.23. The summed E-state index contributed by atoms with van der Waals surface area (Å²) in [4.78, 5) is 0.822. The van der Waals surface area contributed by atoms with Gasteiger partial charge in [-0.3, -0.25) is 0 Å². The standard InChI is InChI=1S/C5H6O2S/c1-4-2-5(6)3-8(4)7/h2-3,7H,1H3/p+1. The van der Waals surface area contributed by atoms with E-state index in [2.05, 4.69) is 0 Å². The second-order valence-corrected chi connectivity index (χ2v) is 3.12. The minimum Gasteiger partial charge on any atom is -0.503 e. The Morgan fingerprint density at radius 1 is 1.62 bits per heavy atom. The van der Waals surface area contributed by atoms with Crippen LogP contribution in [-0.2, 0) is 0 Å². The Morgan fingerprint density at radius 3 is 2.38 bits per heavy atom. The highest BCUT2D eigenvalue weighted by Crippen LogP contribution is 2.26. The van der Waals surface area contributed by atoms with Crippen molar-refractivity contribution in [2.45, 2.75) is 6.92 Å². The first-order valence-corrected chi connectivity index (χ1v) is 3.46. The van der Waals surface area contributed by atoms with E-state index >= 15 is 0 Å². The molecule has 1 rings (SSSR count). The maximum Gasteiger partial charge on any atom is 0.216 e. The Hall–Kier alpha value is -0.540. The van der Waals surface area contributed by atoms with Crippen molar-refractivity contribution in [2.75, 3.05) is 0 Å². The molecule has 0 amide bonds. The highest BCUT2D eigenvalue weighted by molar-refractivity contribution is 7.23. The van der Waals surface area contributed by atoms with Crippen molar-refractivity contribution in [3.63, 3.8) is 0 Å². The zero-order chi connectivity index (χ0) is 6.15. The van der Waals surface area contributed by atoms with E-state index in [0.717, 1.165) is 4.88 Å².